The molecule has 1 unspecified atom stereocenters. The highest BCUT2D eigenvalue weighted by Crippen LogP contribution is 2.24. The Balaban J connectivity index is 1.56. The molecule has 7 heteroatoms. The smallest absolute Gasteiger partial charge is 0.339 e. The van der Waals surface area contributed by atoms with Crippen LogP contribution in [0, 0.1) is 0 Å². The van der Waals surface area contributed by atoms with Gasteiger partial charge in [-0.1, -0.05) is 97.1 Å². The van der Waals surface area contributed by atoms with E-state index in [1.165, 1.54) is 24.3 Å². The third-order valence-electron chi connectivity index (χ3n) is 5.31. The first-order chi connectivity index (χ1) is 16.9. The maximum absolute atomic E-state index is 13.2. The van der Waals surface area contributed by atoms with E-state index in [4.69, 9.17) is 4.74 Å². The first kappa shape index (κ1) is 24.1. The molecule has 0 aliphatic carbocycles. The number of Topliss-reactive ketones (excluding diaryl/α,β-unsaturated/α-hetero) is 1. The van der Waals surface area contributed by atoms with Crippen molar-refractivity contribution in [2.75, 3.05) is 0 Å². The molecule has 0 radical (unpaired) electrons. The number of carbonyl (C=O) groups is 2. The second-order valence-corrected chi connectivity index (χ2v) is 9.53. The molecule has 0 aliphatic rings. The van der Waals surface area contributed by atoms with Crippen LogP contribution in [0.1, 0.15) is 37.9 Å². The molecule has 0 fully saturated rings. The van der Waals surface area contributed by atoms with Crippen LogP contribution in [0.2, 0.25) is 0 Å². The Morgan fingerprint density at radius 1 is 0.714 bits per heavy atom. The van der Waals surface area contributed by atoms with Crippen LogP contribution in [0.15, 0.2) is 120 Å². The van der Waals surface area contributed by atoms with Gasteiger partial charge in [-0.25, -0.2) is 17.9 Å². The first-order valence-electron chi connectivity index (χ1n) is 10.9. The predicted molar refractivity (Wildman–Crippen MR) is 132 cm³/mol. The highest BCUT2D eigenvalue weighted by molar-refractivity contribution is 7.89. The minimum Gasteiger partial charge on any atom is -0.445 e. The van der Waals surface area contributed by atoms with E-state index in [9.17, 15) is 18.0 Å². The topological polar surface area (TPSA) is 89.5 Å². The van der Waals surface area contributed by atoms with E-state index in [0.29, 0.717) is 11.1 Å². The average molecular weight is 486 g/mol. The molecule has 4 aromatic carbocycles. The average Bonchev–Trinajstić information content (AvgIpc) is 2.92. The fraction of sp³-hybridized carbons (Fsp3) is 0.0714. The Morgan fingerprint density at radius 3 is 1.94 bits per heavy atom. The molecular weight excluding hydrogens is 462 g/mol. The second-order valence-electron chi connectivity index (χ2n) is 7.76. The Kier molecular flexibility index (Phi) is 7.50. The Morgan fingerprint density at radius 2 is 1.29 bits per heavy atom. The third kappa shape index (κ3) is 6.09. The van der Waals surface area contributed by atoms with Gasteiger partial charge < -0.3 is 4.74 Å². The number of ketones is 1. The van der Waals surface area contributed by atoms with Crippen LogP contribution in [0.25, 0.3) is 0 Å². The molecule has 4 rings (SSSR count). The van der Waals surface area contributed by atoms with Gasteiger partial charge in [0.2, 0.25) is 15.8 Å². The van der Waals surface area contributed by atoms with Crippen molar-refractivity contribution in [3.63, 3.8) is 0 Å². The lowest BCUT2D eigenvalue weighted by Crippen LogP contribution is -2.24. The minimum atomic E-state index is -3.88. The fourth-order valence-corrected chi connectivity index (χ4v) is 4.54. The van der Waals surface area contributed by atoms with Gasteiger partial charge in [0.1, 0.15) is 0 Å². The summed E-state index contributed by atoms with van der Waals surface area (Å²) in [6.07, 6.45) is -1.18. The summed E-state index contributed by atoms with van der Waals surface area (Å²) in [6, 6.07) is 31.9. The van der Waals surface area contributed by atoms with Crippen molar-refractivity contribution in [1.29, 1.82) is 0 Å². The number of ether oxygens (including phenoxy) is 1. The molecule has 6 nitrogen and oxygen atoms in total. The lowest BCUT2D eigenvalue weighted by atomic mass is 10.00. The van der Waals surface area contributed by atoms with Crippen LogP contribution in [0.4, 0.5) is 0 Å². The van der Waals surface area contributed by atoms with Gasteiger partial charge in [-0.3, -0.25) is 4.79 Å². The molecule has 35 heavy (non-hydrogen) atoms. The number of sulfonamides is 1. The highest BCUT2D eigenvalue weighted by atomic mass is 32.2. The molecule has 0 saturated carbocycles. The van der Waals surface area contributed by atoms with Gasteiger partial charge in [0.25, 0.3) is 0 Å². The molecular formula is C28H23NO5S. The normalized spacial score (nSPS) is 12.0. The van der Waals surface area contributed by atoms with Crippen LogP contribution >= 0.6 is 0 Å². The number of nitrogens with one attached hydrogen (secondary N) is 1. The number of carbonyl (C=O) groups excluding carboxylic acids is 2. The van der Waals surface area contributed by atoms with Crippen molar-refractivity contribution in [2.24, 2.45) is 0 Å². The van der Waals surface area contributed by atoms with Crippen LogP contribution in [-0.2, 0) is 21.3 Å². The first-order valence-corrected chi connectivity index (χ1v) is 12.4. The van der Waals surface area contributed by atoms with Gasteiger partial charge in [-0.05, 0) is 23.8 Å². The summed E-state index contributed by atoms with van der Waals surface area (Å²) in [5.74, 6) is -1.18. The lowest BCUT2D eigenvalue weighted by Gasteiger charge is -2.18. The van der Waals surface area contributed by atoms with Crippen molar-refractivity contribution in [3.8, 4) is 0 Å². The molecule has 0 aromatic heterocycles. The molecule has 0 amide bonds. The molecule has 0 spiro atoms. The van der Waals surface area contributed by atoms with Gasteiger partial charge in [0.05, 0.1) is 10.5 Å². The van der Waals surface area contributed by atoms with Crippen molar-refractivity contribution >= 4 is 21.8 Å². The monoisotopic (exact) mass is 485 g/mol. The van der Waals surface area contributed by atoms with Crippen LogP contribution in [0.5, 0.6) is 0 Å². The standard InChI is InChI=1S/C28H23NO5S/c30-26(22-13-6-2-7-14-22)27(23-15-8-3-9-16-23)34-28(31)24-17-10-18-25(19-24)35(32,33)29-20-21-11-4-1-5-12-21/h1-19,27,29H,20H2. The van der Waals surface area contributed by atoms with Gasteiger partial charge >= 0.3 is 5.97 Å². The maximum Gasteiger partial charge on any atom is 0.339 e. The van der Waals surface area contributed by atoms with E-state index < -0.39 is 22.1 Å². The van der Waals surface area contributed by atoms with Crippen LogP contribution < -0.4 is 4.72 Å². The maximum atomic E-state index is 13.2. The van der Waals surface area contributed by atoms with Gasteiger partial charge in [0.15, 0.2) is 6.10 Å². The quantitative estimate of drug-likeness (QED) is 0.268. The summed E-state index contributed by atoms with van der Waals surface area (Å²) < 4.78 is 33.8. The van der Waals surface area contributed by atoms with Crippen LogP contribution in [-0.4, -0.2) is 20.2 Å². The highest BCUT2D eigenvalue weighted by Gasteiger charge is 2.27. The lowest BCUT2D eigenvalue weighted by molar-refractivity contribution is 0.0280. The summed E-state index contributed by atoms with van der Waals surface area (Å²) in [5.41, 5.74) is 1.74. The third-order valence-corrected chi connectivity index (χ3v) is 6.71. The van der Waals surface area contributed by atoms with Crippen molar-refractivity contribution in [2.45, 2.75) is 17.5 Å². The Hall–Kier alpha value is -4.07. The zero-order valence-corrected chi connectivity index (χ0v) is 19.5. The summed E-state index contributed by atoms with van der Waals surface area (Å²) in [6.45, 7) is 0.111. The summed E-state index contributed by atoms with van der Waals surface area (Å²) >= 11 is 0. The second kappa shape index (κ2) is 10.9. The zero-order chi connectivity index (χ0) is 24.7. The van der Waals surface area contributed by atoms with Crippen molar-refractivity contribution in [1.82, 2.24) is 4.72 Å². The number of hydrogen-bond acceptors (Lipinski definition) is 5. The molecule has 0 bridgehead atoms. The van der Waals surface area contributed by atoms with Crippen molar-refractivity contribution in [3.05, 3.63) is 138 Å². The SMILES string of the molecule is O=C(OC(C(=O)c1ccccc1)c1ccccc1)c1cccc(S(=O)(=O)NCc2ccccc2)c1. The van der Waals surface area contributed by atoms with Gasteiger partial charge in [-0.15, -0.1) is 0 Å². The largest absolute Gasteiger partial charge is 0.445 e. The Labute approximate surface area is 204 Å². The predicted octanol–water partition coefficient (Wildman–Crippen LogP) is 4.95. The molecule has 176 valence electrons. The number of hydrogen-bond donors (Lipinski definition) is 1. The summed E-state index contributed by atoms with van der Waals surface area (Å²) in [5, 5.41) is 0. The van der Waals surface area contributed by atoms with E-state index in [1.54, 1.807) is 60.7 Å². The van der Waals surface area contributed by atoms with E-state index in [2.05, 4.69) is 4.72 Å². The van der Waals surface area contributed by atoms with E-state index in [1.807, 2.05) is 30.3 Å². The van der Waals surface area contributed by atoms with E-state index >= 15 is 0 Å². The molecule has 4 aromatic rings. The summed E-state index contributed by atoms with van der Waals surface area (Å²) in [7, 11) is -3.88. The van der Waals surface area contributed by atoms with E-state index in [0.717, 1.165) is 5.56 Å². The molecule has 0 aliphatic heterocycles. The van der Waals surface area contributed by atoms with Crippen molar-refractivity contribution < 1.29 is 22.7 Å². The number of benzene rings is 4. The van der Waals surface area contributed by atoms with Gasteiger partial charge in [0, 0.05) is 17.7 Å². The molecule has 0 heterocycles. The van der Waals surface area contributed by atoms with Crippen LogP contribution in [0.3, 0.4) is 0 Å². The summed E-state index contributed by atoms with van der Waals surface area (Å²) in [4.78, 5) is 26.1. The number of esters is 1. The molecule has 1 N–H and O–H groups in total. The van der Waals surface area contributed by atoms with E-state index in [-0.39, 0.29) is 22.8 Å². The Bertz CT molecular complexity index is 1410. The van der Waals surface area contributed by atoms with Gasteiger partial charge in [-0.2, -0.15) is 0 Å². The molecule has 1 atom stereocenters. The number of rotatable bonds is 9. The molecule has 0 saturated heterocycles. The minimum absolute atomic E-state index is 0.0226. The zero-order valence-electron chi connectivity index (χ0n) is 18.7. The fourth-order valence-electron chi connectivity index (χ4n) is 3.48.